The van der Waals surface area contributed by atoms with Gasteiger partial charge in [-0.15, -0.1) is 11.3 Å². The number of imide groups is 1. The van der Waals surface area contributed by atoms with Gasteiger partial charge in [0.15, 0.2) is 0 Å². The molecule has 1 aliphatic heterocycles. The summed E-state index contributed by atoms with van der Waals surface area (Å²) in [4.78, 5) is 38.9. The van der Waals surface area contributed by atoms with Gasteiger partial charge >= 0.3 is 6.03 Å². The van der Waals surface area contributed by atoms with E-state index in [4.69, 9.17) is 0 Å². The molecule has 0 aliphatic carbocycles. The van der Waals surface area contributed by atoms with E-state index in [-0.39, 0.29) is 12.2 Å². The molecule has 1 fully saturated rings. The second-order valence-corrected chi connectivity index (χ2v) is 7.84. The van der Waals surface area contributed by atoms with E-state index in [2.05, 4.69) is 10.6 Å². The van der Waals surface area contributed by atoms with Crippen LogP contribution in [-0.2, 0) is 9.59 Å². The molecule has 2 heterocycles. The van der Waals surface area contributed by atoms with E-state index in [1.807, 2.05) is 66.9 Å². The summed E-state index contributed by atoms with van der Waals surface area (Å²) in [5.41, 5.74) is 3.90. The summed E-state index contributed by atoms with van der Waals surface area (Å²) in [7, 11) is 0. The third kappa shape index (κ3) is 4.31. The van der Waals surface area contributed by atoms with Crippen molar-refractivity contribution in [3.05, 3.63) is 82.2 Å². The zero-order valence-corrected chi connectivity index (χ0v) is 17.0. The fourth-order valence-corrected chi connectivity index (χ4v) is 3.98. The molecule has 1 aromatic heterocycles. The van der Waals surface area contributed by atoms with Crippen LogP contribution in [0.15, 0.2) is 71.7 Å². The Morgan fingerprint density at radius 1 is 1.07 bits per heavy atom. The van der Waals surface area contributed by atoms with E-state index in [9.17, 15) is 14.4 Å². The smallest absolute Gasteiger partial charge is 0.325 e. The molecule has 0 bridgehead atoms. The molecule has 1 saturated heterocycles. The van der Waals surface area contributed by atoms with Crippen LogP contribution in [0.1, 0.15) is 10.4 Å². The number of carbonyl (C=O) groups is 3. The van der Waals surface area contributed by atoms with Gasteiger partial charge in [-0.25, -0.2) is 9.69 Å². The van der Waals surface area contributed by atoms with Gasteiger partial charge in [-0.05, 0) is 53.3 Å². The number of anilines is 1. The van der Waals surface area contributed by atoms with Crippen LogP contribution in [0.25, 0.3) is 17.2 Å². The summed E-state index contributed by atoms with van der Waals surface area (Å²) in [6.07, 6.45) is 1.63. The number of urea groups is 1. The first-order chi connectivity index (χ1) is 14.5. The highest BCUT2D eigenvalue weighted by molar-refractivity contribution is 7.11. The maximum absolute atomic E-state index is 12.6. The molecule has 0 spiro atoms. The Morgan fingerprint density at radius 2 is 1.87 bits per heavy atom. The lowest BCUT2D eigenvalue weighted by Gasteiger charge is -2.12. The van der Waals surface area contributed by atoms with E-state index in [0.29, 0.717) is 5.69 Å². The first-order valence-electron chi connectivity index (χ1n) is 9.34. The SMILES string of the molecule is Cc1cccc(NC(=O)CN2C(=O)N/C(=C\c3cc(-c4ccccc4)cs3)C2=O)c1. The summed E-state index contributed by atoms with van der Waals surface area (Å²) < 4.78 is 0. The van der Waals surface area contributed by atoms with Crippen molar-refractivity contribution >= 4 is 40.9 Å². The summed E-state index contributed by atoms with van der Waals surface area (Å²) in [5, 5.41) is 7.26. The number of carbonyl (C=O) groups excluding carboxylic acids is 3. The Labute approximate surface area is 177 Å². The Bertz CT molecular complexity index is 1150. The zero-order chi connectivity index (χ0) is 21.1. The molecule has 0 unspecified atom stereocenters. The summed E-state index contributed by atoms with van der Waals surface area (Å²) in [6, 6.07) is 18.6. The van der Waals surface area contributed by atoms with Gasteiger partial charge in [0.1, 0.15) is 12.2 Å². The molecule has 0 saturated carbocycles. The highest BCUT2D eigenvalue weighted by Gasteiger charge is 2.35. The van der Waals surface area contributed by atoms with E-state index >= 15 is 0 Å². The molecular formula is C23H19N3O3S. The fraction of sp³-hybridized carbons (Fsp3) is 0.0870. The van der Waals surface area contributed by atoms with Crippen molar-refractivity contribution in [3.63, 3.8) is 0 Å². The number of nitrogens with one attached hydrogen (secondary N) is 2. The number of aryl methyl sites for hydroxylation is 1. The van der Waals surface area contributed by atoms with Gasteiger partial charge in [-0.1, -0.05) is 42.5 Å². The summed E-state index contributed by atoms with van der Waals surface area (Å²) in [5.74, 6) is -0.957. The zero-order valence-electron chi connectivity index (χ0n) is 16.2. The van der Waals surface area contributed by atoms with Crippen molar-refractivity contribution in [1.82, 2.24) is 10.2 Å². The average molecular weight is 417 g/mol. The Hall–Kier alpha value is -3.71. The fourth-order valence-electron chi connectivity index (χ4n) is 3.13. The highest BCUT2D eigenvalue weighted by atomic mass is 32.1. The number of hydrogen-bond acceptors (Lipinski definition) is 4. The predicted octanol–water partition coefficient (Wildman–Crippen LogP) is 4.25. The molecular weight excluding hydrogens is 398 g/mol. The lowest BCUT2D eigenvalue weighted by molar-refractivity contribution is -0.127. The second kappa shape index (κ2) is 8.34. The lowest BCUT2D eigenvalue weighted by Crippen LogP contribution is -2.38. The lowest BCUT2D eigenvalue weighted by atomic mass is 10.1. The molecule has 6 nitrogen and oxygen atoms in total. The van der Waals surface area contributed by atoms with Gasteiger partial charge in [-0.2, -0.15) is 0 Å². The molecule has 4 amide bonds. The van der Waals surface area contributed by atoms with E-state index in [1.165, 1.54) is 11.3 Å². The third-order valence-electron chi connectivity index (χ3n) is 4.58. The molecule has 2 aromatic carbocycles. The van der Waals surface area contributed by atoms with Gasteiger partial charge in [0.25, 0.3) is 5.91 Å². The molecule has 2 N–H and O–H groups in total. The van der Waals surface area contributed by atoms with E-state index in [0.717, 1.165) is 26.5 Å². The number of benzene rings is 2. The number of amides is 4. The molecule has 1 aliphatic rings. The number of nitrogens with zero attached hydrogens (tertiary/aromatic N) is 1. The molecule has 0 atom stereocenters. The molecule has 7 heteroatoms. The molecule has 150 valence electrons. The van der Waals surface area contributed by atoms with Crippen molar-refractivity contribution < 1.29 is 14.4 Å². The van der Waals surface area contributed by atoms with Crippen molar-refractivity contribution in [2.45, 2.75) is 6.92 Å². The van der Waals surface area contributed by atoms with Crippen LogP contribution in [0.5, 0.6) is 0 Å². The van der Waals surface area contributed by atoms with Crippen LogP contribution in [0.3, 0.4) is 0 Å². The van der Waals surface area contributed by atoms with Crippen LogP contribution in [0, 0.1) is 6.92 Å². The van der Waals surface area contributed by atoms with Crippen LogP contribution in [-0.4, -0.2) is 29.3 Å². The molecule has 3 aromatic rings. The normalized spacial score (nSPS) is 14.8. The highest BCUT2D eigenvalue weighted by Crippen LogP contribution is 2.27. The summed E-state index contributed by atoms with van der Waals surface area (Å²) >= 11 is 1.48. The van der Waals surface area contributed by atoms with Gasteiger partial charge in [0.2, 0.25) is 5.91 Å². The third-order valence-corrected chi connectivity index (χ3v) is 5.46. The quantitative estimate of drug-likeness (QED) is 0.481. The predicted molar refractivity (Wildman–Crippen MR) is 118 cm³/mol. The number of rotatable bonds is 5. The first-order valence-corrected chi connectivity index (χ1v) is 10.2. The van der Waals surface area contributed by atoms with Crippen molar-refractivity contribution in [3.8, 4) is 11.1 Å². The minimum atomic E-state index is -0.606. The molecule has 4 rings (SSSR count). The van der Waals surface area contributed by atoms with Crippen molar-refractivity contribution in [1.29, 1.82) is 0 Å². The van der Waals surface area contributed by atoms with Crippen molar-refractivity contribution in [2.75, 3.05) is 11.9 Å². The largest absolute Gasteiger partial charge is 0.329 e. The second-order valence-electron chi connectivity index (χ2n) is 6.90. The maximum atomic E-state index is 12.6. The number of hydrogen-bond donors (Lipinski definition) is 2. The van der Waals surface area contributed by atoms with E-state index < -0.39 is 17.8 Å². The van der Waals surface area contributed by atoms with E-state index in [1.54, 1.807) is 12.1 Å². The topological polar surface area (TPSA) is 78.5 Å². The maximum Gasteiger partial charge on any atom is 0.329 e. The van der Waals surface area contributed by atoms with Gasteiger partial charge in [0.05, 0.1) is 0 Å². The van der Waals surface area contributed by atoms with Crippen LogP contribution in [0.2, 0.25) is 0 Å². The Morgan fingerprint density at radius 3 is 2.63 bits per heavy atom. The van der Waals surface area contributed by atoms with Crippen LogP contribution in [0.4, 0.5) is 10.5 Å². The standard InChI is InChI=1S/C23H19N3O3S/c1-15-6-5-9-18(10-15)24-21(27)13-26-22(28)20(25-23(26)29)12-19-11-17(14-30-19)16-7-3-2-4-8-16/h2-12,14H,13H2,1H3,(H,24,27)(H,25,29)/b20-12-. The minimum Gasteiger partial charge on any atom is -0.325 e. The van der Waals surface area contributed by atoms with Gasteiger partial charge < -0.3 is 10.6 Å². The van der Waals surface area contributed by atoms with Crippen LogP contribution >= 0.6 is 11.3 Å². The summed E-state index contributed by atoms with van der Waals surface area (Å²) in [6.45, 7) is 1.56. The first kappa shape index (κ1) is 19.6. The molecule has 30 heavy (non-hydrogen) atoms. The Balaban J connectivity index is 1.45. The number of thiophene rings is 1. The molecule has 0 radical (unpaired) electrons. The average Bonchev–Trinajstić information content (AvgIpc) is 3.29. The van der Waals surface area contributed by atoms with Crippen molar-refractivity contribution in [2.24, 2.45) is 0 Å². The Kier molecular flexibility index (Phi) is 5.45. The van der Waals surface area contributed by atoms with Gasteiger partial charge in [0, 0.05) is 10.6 Å². The van der Waals surface area contributed by atoms with Gasteiger partial charge in [-0.3, -0.25) is 9.59 Å². The van der Waals surface area contributed by atoms with Crippen LogP contribution < -0.4 is 10.6 Å². The minimum absolute atomic E-state index is 0.157. The monoisotopic (exact) mass is 417 g/mol.